The van der Waals surface area contributed by atoms with Crippen LogP contribution in [0, 0.1) is 5.92 Å². The van der Waals surface area contributed by atoms with Crippen molar-refractivity contribution in [1.29, 1.82) is 0 Å². The molecule has 1 amide bonds. The van der Waals surface area contributed by atoms with Gasteiger partial charge in [0.05, 0.1) is 0 Å². The summed E-state index contributed by atoms with van der Waals surface area (Å²) in [4.78, 5) is 13.2. The maximum absolute atomic E-state index is 11.9. The molecule has 1 aromatic carbocycles. The Kier molecular flexibility index (Phi) is 5.92. The summed E-state index contributed by atoms with van der Waals surface area (Å²) in [5.41, 5.74) is 6.35. The lowest BCUT2D eigenvalue weighted by Crippen LogP contribution is -2.22. The number of nitrogens with one attached hydrogen (secondary N) is 1. The number of anilines is 1. The van der Waals surface area contributed by atoms with Crippen LogP contribution in [0.1, 0.15) is 39.0 Å². The van der Waals surface area contributed by atoms with Gasteiger partial charge in [0.1, 0.15) is 0 Å². The predicted octanol–water partition coefficient (Wildman–Crippen LogP) is 3.64. The van der Waals surface area contributed by atoms with Crippen molar-refractivity contribution in [3.05, 3.63) is 24.3 Å². The highest BCUT2D eigenvalue weighted by atomic mass is 32.2. The van der Waals surface area contributed by atoms with Crippen molar-refractivity contribution in [2.75, 3.05) is 11.9 Å². The quantitative estimate of drug-likeness (QED) is 0.841. The molecule has 1 aromatic rings. The Morgan fingerprint density at radius 2 is 2.00 bits per heavy atom. The molecule has 3 nitrogen and oxygen atoms in total. The summed E-state index contributed by atoms with van der Waals surface area (Å²) in [7, 11) is 0. The van der Waals surface area contributed by atoms with Crippen LogP contribution in [-0.2, 0) is 4.79 Å². The van der Waals surface area contributed by atoms with Crippen LogP contribution in [0.15, 0.2) is 29.2 Å². The molecule has 2 rings (SSSR count). The largest absolute Gasteiger partial charge is 0.330 e. The van der Waals surface area contributed by atoms with E-state index in [9.17, 15) is 4.79 Å². The number of amides is 1. The molecule has 4 heteroatoms. The van der Waals surface area contributed by atoms with E-state index in [0.29, 0.717) is 6.54 Å². The van der Waals surface area contributed by atoms with E-state index < -0.39 is 0 Å². The minimum atomic E-state index is -0.0347. The van der Waals surface area contributed by atoms with Gasteiger partial charge in [0.15, 0.2) is 0 Å². The SMILES string of the molecule is CC(CCN)C(=O)Nc1ccc(SC2CCCC2)cc1. The minimum absolute atomic E-state index is 0.0347. The molecule has 0 spiro atoms. The Labute approximate surface area is 125 Å². The number of carbonyl (C=O) groups excluding carboxylic acids is 1. The molecule has 3 N–H and O–H groups in total. The number of thioether (sulfide) groups is 1. The standard InChI is InChI=1S/C16H24N2OS/c1-12(10-11-17)16(19)18-13-6-8-15(9-7-13)20-14-4-2-3-5-14/h6-9,12,14H,2-5,10-11,17H2,1H3,(H,18,19). The number of rotatable bonds is 6. The Hall–Kier alpha value is -1.00. The van der Waals surface area contributed by atoms with E-state index in [4.69, 9.17) is 5.73 Å². The average molecular weight is 292 g/mol. The zero-order chi connectivity index (χ0) is 14.4. The smallest absolute Gasteiger partial charge is 0.227 e. The maximum atomic E-state index is 11.9. The first kappa shape index (κ1) is 15.4. The van der Waals surface area contributed by atoms with E-state index in [-0.39, 0.29) is 11.8 Å². The van der Waals surface area contributed by atoms with Crippen molar-refractivity contribution < 1.29 is 4.79 Å². The van der Waals surface area contributed by atoms with E-state index >= 15 is 0 Å². The minimum Gasteiger partial charge on any atom is -0.330 e. The molecule has 0 aliphatic heterocycles. The van der Waals surface area contributed by atoms with E-state index in [2.05, 4.69) is 17.4 Å². The van der Waals surface area contributed by atoms with Gasteiger partial charge < -0.3 is 11.1 Å². The molecule has 1 saturated carbocycles. The fourth-order valence-electron chi connectivity index (χ4n) is 2.46. The van der Waals surface area contributed by atoms with E-state index in [1.54, 1.807) is 0 Å². The van der Waals surface area contributed by atoms with Crippen molar-refractivity contribution in [2.24, 2.45) is 11.7 Å². The predicted molar refractivity (Wildman–Crippen MR) is 86.0 cm³/mol. The summed E-state index contributed by atoms with van der Waals surface area (Å²) in [6.07, 6.45) is 6.12. The average Bonchev–Trinajstić information content (AvgIpc) is 2.94. The fourth-order valence-corrected chi connectivity index (χ4v) is 3.71. The van der Waals surface area contributed by atoms with Gasteiger partial charge >= 0.3 is 0 Å². The molecule has 1 aliphatic rings. The molecule has 0 saturated heterocycles. The first-order chi connectivity index (χ1) is 9.69. The van der Waals surface area contributed by atoms with Crippen LogP contribution in [0.25, 0.3) is 0 Å². The highest BCUT2D eigenvalue weighted by molar-refractivity contribution is 8.00. The van der Waals surface area contributed by atoms with Gasteiger partial charge in [0, 0.05) is 21.8 Å². The molecule has 20 heavy (non-hydrogen) atoms. The van der Waals surface area contributed by atoms with E-state index in [1.807, 2.05) is 30.8 Å². The Morgan fingerprint density at radius 1 is 1.35 bits per heavy atom. The Morgan fingerprint density at radius 3 is 2.60 bits per heavy atom. The molecule has 1 atom stereocenters. The maximum Gasteiger partial charge on any atom is 0.227 e. The Bertz CT molecular complexity index is 427. The third-order valence-electron chi connectivity index (χ3n) is 3.77. The van der Waals surface area contributed by atoms with Crippen molar-refractivity contribution in [3.63, 3.8) is 0 Å². The highest BCUT2D eigenvalue weighted by Crippen LogP contribution is 2.34. The normalized spacial score (nSPS) is 17.1. The second-order valence-corrected chi connectivity index (χ2v) is 6.89. The van der Waals surface area contributed by atoms with Crippen molar-refractivity contribution >= 4 is 23.4 Å². The van der Waals surface area contributed by atoms with Crippen LogP contribution in [0.5, 0.6) is 0 Å². The van der Waals surface area contributed by atoms with Crippen LogP contribution in [-0.4, -0.2) is 17.7 Å². The molecule has 0 radical (unpaired) electrons. The molecule has 1 aliphatic carbocycles. The molecule has 0 bridgehead atoms. The van der Waals surface area contributed by atoms with Crippen molar-refractivity contribution in [2.45, 2.75) is 49.2 Å². The van der Waals surface area contributed by atoms with Gasteiger partial charge in [-0.2, -0.15) is 0 Å². The van der Waals surface area contributed by atoms with Gasteiger partial charge in [-0.15, -0.1) is 11.8 Å². The number of nitrogens with two attached hydrogens (primary N) is 1. The number of benzene rings is 1. The van der Waals surface area contributed by atoms with Gasteiger partial charge in [0.2, 0.25) is 5.91 Å². The van der Waals surface area contributed by atoms with Crippen molar-refractivity contribution in [3.8, 4) is 0 Å². The highest BCUT2D eigenvalue weighted by Gasteiger charge is 2.16. The second kappa shape index (κ2) is 7.70. The van der Waals surface area contributed by atoms with Gasteiger partial charge in [-0.1, -0.05) is 19.8 Å². The van der Waals surface area contributed by atoms with Crippen LogP contribution in [0.4, 0.5) is 5.69 Å². The summed E-state index contributed by atoms with van der Waals surface area (Å²) < 4.78 is 0. The van der Waals surface area contributed by atoms with E-state index in [1.165, 1.54) is 30.6 Å². The second-order valence-electron chi connectivity index (χ2n) is 5.52. The Balaban J connectivity index is 1.86. The zero-order valence-corrected chi connectivity index (χ0v) is 12.9. The zero-order valence-electron chi connectivity index (χ0n) is 12.1. The first-order valence-corrected chi connectivity index (χ1v) is 8.34. The molecule has 0 heterocycles. The lowest BCUT2D eigenvalue weighted by Gasteiger charge is -2.12. The molecule has 110 valence electrons. The molecule has 1 fully saturated rings. The number of hydrogen-bond donors (Lipinski definition) is 2. The number of carbonyl (C=O) groups is 1. The van der Waals surface area contributed by atoms with Gasteiger partial charge in [-0.3, -0.25) is 4.79 Å². The van der Waals surface area contributed by atoms with Gasteiger partial charge in [-0.05, 0) is 50.1 Å². The monoisotopic (exact) mass is 292 g/mol. The van der Waals surface area contributed by atoms with Gasteiger partial charge in [0.25, 0.3) is 0 Å². The summed E-state index contributed by atoms with van der Waals surface area (Å²) in [5, 5.41) is 3.72. The summed E-state index contributed by atoms with van der Waals surface area (Å²) in [5.74, 6) is 0.0131. The lowest BCUT2D eigenvalue weighted by atomic mass is 10.1. The third kappa shape index (κ3) is 4.53. The fraction of sp³-hybridized carbons (Fsp3) is 0.562. The number of hydrogen-bond acceptors (Lipinski definition) is 3. The van der Waals surface area contributed by atoms with Crippen LogP contribution < -0.4 is 11.1 Å². The topological polar surface area (TPSA) is 55.1 Å². The van der Waals surface area contributed by atoms with Gasteiger partial charge in [-0.25, -0.2) is 0 Å². The first-order valence-electron chi connectivity index (χ1n) is 7.46. The molecular weight excluding hydrogens is 268 g/mol. The lowest BCUT2D eigenvalue weighted by molar-refractivity contribution is -0.119. The van der Waals surface area contributed by atoms with Crippen LogP contribution in [0.2, 0.25) is 0 Å². The summed E-state index contributed by atoms with van der Waals surface area (Å²) >= 11 is 1.96. The summed E-state index contributed by atoms with van der Waals surface area (Å²) in [6, 6.07) is 8.19. The molecule has 1 unspecified atom stereocenters. The molecule has 0 aromatic heterocycles. The van der Waals surface area contributed by atoms with Crippen LogP contribution >= 0.6 is 11.8 Å². The van der Waals surface area contributed by atoms with Crippen molar-refractivity contribution in [1.82, 2.24) is 0 Å². The van der Waals surface area contributed by atoms with Crippen LogP contribution in [0.3, 0.4) is 0 Å². The van der Waals surface area contributed by atoms with E-state index in [0.717, 1.165) is 17.4 Å². The third-order valence-corrected chi connectivity index (χ3v) is 5.12. The molecular formula is C16H24N2OS. The summed E-state index contributed by atoms with van der Waals surface area (Å²) in [6.45, 7) is 2.46.